The summed E-state index contributed by atoms with van der Waals surface area (Å²) >= 11 is 6.00. The Kier molecular flexibility index (Phi) is 6.08. The second kappa shape index (κ2) is 8.55. The van der Waals surface area contributed by atoms with Crippen LogP contribution < -0.4 is 0 Å². The van der Waals surface area contributed by atoms with E-state index in [0.717, 1.165) is 22.5 Å². The quantitative estimate of drug-likeness (QED) is 0.445. The Balaban J connectivity index is 2.01. The molecule has 0 spiro atoms. The number of ether oxygens (including phenoxy) is 1. The van der Waals surface area contributed by atoms with Crippen LogP contribution >= 0.6 is 11.6 Å². The van der Waals surface area contributed by atoms with Crippen LogP contribution in [0.25, 0.3) is 5.69 Å². The number of nitrogens with zero attached hydrogens (tertiary/aromatic N) is 2. The van der Waals surface area contributed by atoms with Gasteiger partial charge < -0.3 is 14.4 Å². The number of benzene rings is 2. The lowest BCUT2D eigenvalue weighted by atomic mass is 10.1. The molecule has 0 aliphatic heterocycles. The van der Waals surface area contributed by atoms with Gasteiger partial charge in [0, 0.05) is 28.9 Å². The van der Waals surface area contributed by atoms with Crippen molar-refractivity contribution in [2.75, 3.05) is 7.11 Å². The average Bonchev–Trinajstić information content (AvgIpc) is 3.00. The van der Waals surface area contributed by atoms with E-state index in [0.29, 0.717) is 16.9 Å². The van der Waals surface area contributed by atoms with Crippen LogP contribution in [-0.2, 0) is 4.74 Å². The predicted octanol–water partition coefficient (Wildman–Crippen LogP) is 5.29. The van der Waals surface area contributed by atoms with Crippen molar-refractivity contribution in [1.29, 1.82) is 0 Å². The van der Waals surface area contributed by atoms with Gasteiger partial charge in [-0.1, -0.05) is 17.7 Å². The van der Waals surface area contributed by atoms with Crippen molar-refractivity contribution in [1.82, 2.24) is 4.57 Å². The fraction of sp³-hybridized carbons (Fsp3) is 0.174. The zero-order chi connectivity index (χ0) is 22.0. The molecule has 0 aliphatic carbocycles. The minimum absolute atomic E-state index is 0.0483. The third kappa shape index (κ3) is 4.00. The highest BCUT2D eigenvalue weighted by Gasteiger charge is 2.15. The molecule has 0 amide bonds. The summed E-state index contributed by atoms with van der Waals surface area (Å²) in [5.74, 6) is -1.48. The second-order valence-electron chi connectivity index (χ2n) is 6.83. The van der Waals surface area contributed by atoms with Crippen molar-refractivity contribution < 1.29 is 19.4 Å². The van der Waals surface area contributed by atoms with Crippen LogP contribution in [0.5, 0.6) is 0 Å². The Bertz CT molecular complexity index is 1180. The summed E-state index contributed by atoms with van der Waals surface area (Å²) < 4.78 is 6.76. The number of methoxy groups -OCH3 is 1. The van der Waals surface area contributed by atoms with Crippen molar-refractivity contribution in [3.05, 3.63) is 81.1 Å². The topological polar surface area (TPSA) is 80.9 Å². The zero-order valence-corrected chi connectivity index (χ0v) is 17.8. The Hall–Kier alpha value is -3.38. The molecule has 0 aliphatic rings. The number of aryl methyl sites for hydroxylation is 1. The molecule has 7 heteroatoms. The molecule has 0 saturated heterocycles. The van der Waals surface area contributed by atoms with Crippen molar-refractivity contribution in [3.63, 3.8) is 0 Å². The average molecular weight is 425 g/mol. The van der Waals surface area contributed by atoms with Crippen LogP contribution in [0, 0.1) is 20.8 Å². The molecule has 0 radical (unpaired) electrons. The van der Waals surface area contributed by atoms with E-state index in [-0.39, 0.29) is 10.6 Å². The Morgan fingerprint density at radius 1 is 1.10 bits per heavy atom. The number of aromatic nitrogens is 1. The fourth-order valence-corrected chi connectivity index (χ4v) is 3.56. The van der Waals surface area contributed by atoms with Gasteiger partial charge in [-0.25, -0.2) is 9.59 Å². The second-order valence-corrected chi connectivity index (χ2v) is 7.24. The summed E-state index contributed by atoms with van der Waals surface area (Å²) in [4.78, 5) is 27.9. The van der Waals surface area contributed by atoms with Crippen LogP contribution in [0.1, 0.15) is 43.2 Å². The number of carbonyl (C=O) groups is 2. The molecular weight excluding hydrogens is 404 g/mol. The summed E-state index contributed by atoms with van der Waals surface area (Å²) in [7, 11) is 1.35. The highest BCUT2D eigenvalue weighted by atomic mass is 35.5. The number of aromatic carboxylic acids is 1. The first kappa shape index (κ1) is 21.3. The fourth-order valence-electron chi connectivity index (χ4n) is 3.37. The van der Waals surface area contributed by atoms with Gasteiger partial charge in [0.2, 0.25) is 0 Å². The highest BCUT2D eigenvalue weighted by molar-refractivity contribution is 6.33. The summed E-state index contributed by atoms with van der Waals surface area (Å²) in [5, 5.41) is 9.54. The molecule has 2 aromatic carbocycles. The van der Waals surface area contributed by atoms with Gasteiger partial charge >= 0.3 is 11.9 Å². The first-order chi connectivity index (χ1) is 14.2. The number of hydrogen-bond donors (Lipinski definition) is 1. The normalized spacial score (nSPS) is 11.1. The van der Waals surface area contributed by atoms with Gasteiger partial charge in [-0.15, -0.1) is 0 Å². The third-order valence-electron chi connectivity index (χ3n) is 4.96. The van der Waals surface area contributed by atoms with Gasteiger partial charge in [-0.2, -0.15) is 0 Å². The standard InChI is InChI=1S/C23H21ClN2O4/c1-13-10-16(12-25-21-7-5-6-18(14(21)2)23(29)30-4)15(3)26(13)17-8-9-20(24)19(11-17)22(27)28/h5-12H,1-4H3,(H,27,28). The summed E-state index contributed by atoms with van der Waals surface area (Å²) in [6.45, 7) is 5.69. The van der Waals surface area contributed by atoms with Gasteiger partial charge in [0.25, 0.3) is 0 Å². The molecule has 30 heavy (non-hydrogen) atoms. The van der Waals surface area contributed by atoms with E-state index in [4.69, 9.17) is 16.3 Å². The summed E-state index contributed by atoms with van der Waals surface area (Å²) in [6.07, 6.45) is 1.73. The molecule has 0 unspecified atom stereocenters. The number of halogens is 1. The van der Waals surface area contributed by atoms with Gasteiger partial charge in [0.05, 0.1) is 28.9 Å². The Labute approximate surface area is 179 Å². The molecule has 1 aromatic heterocycles. The molecular formula is C23H21ClN2O4. The first-order valence-electron chi connectivity index (χ1n) is 9.18. The van der Waals surface area contributed by atoms with Crippen molar-refractivity contribution in [3.8, 4) is 5.69 Å². The number of esters is 1. The number of carboxylic acid groups (broad SMARTS) is 1. The molecule has 0 atom stereocenters. The van der Waals surface area contributed by atoms with Crippen LogP contribution in [0.4, 0.5) is 5.69 Å². The van der Waals surface area contributed by atoms with E-state index in [1.165, 1.54) is 7.11 Å². The molecule has 1 heterocycles. The number of rotatable bonds is 5. The number of carboxylic acids is 1. The van der Waals surface area contributed by atoms with E-state index in [2.05, 4.69) is 4.99 Å². The summed E-state index contributed by atoms with van der Waals surface area (Å²) in [6, 6.07) is 12.2. The SMILES string of the molecule is COC(=O)c1cccc(N=Cc2cc(C)n(-c3ccc(Cl)c(C(=O)O)c3)c2C)c1C. The molecule has 1 N–H and O–H groups in total. The molecule has 0 saturated carbocycles. The maximum Gasteiger partial charge on any atom is 0.338 e. The molecule has 6 nitrogen and oxygen atoms in total. The van der Waals surface area contributed by atoms with Crippen LogP contribution in [-0.4, -0.2) is 34.9 Å². The predicted molar refractivity (Wildman–Crippen MR) is 117 cm³/mol. The minimum atomic E-state index is -1.08. The molecule has 3 aromatic rings. The Morgan fingerprint density at radius 2 is 1.83 bits per heavy atom. The molecule has 0 bridgehead atoms. The van der Waals surface area contributed by atoms with E-state index in [1.807, 2.05) is 37.5 Å². The monoisotopic (exact) mass is 424 g/mol. The smallest absolute Gasteiger partial charge is 0.338 e. The van der Waals surface area contributed by atoms with E-state index < -0.39 is 11.9 Å². The number of aliphatic imine (C=N–C) groups is 1. The molecule has 0 fully saturated rings. The van der Waals surface area contributed by atoms with Crippen molar-refractivity contribution in [2.45, 2.75) is 20.8 Å². The third-order valence-corrected chi connectivity index (χ3v) is 5.29. The maximum atomic E-state index is 11.9. The van der Waals surface area contributed by atoms with Gasteiger partial charge in [0.1, 0.15) is 0 Å². The van der Waals surface area contributed by atoms with Gasteiger partial charge in [-0.05, 0) is 62.7 Å². The number of carbonyl (C=O) groups excluding carboxylic acids is 1. The van der Waals surface area contributed by atoms with E-state index in [9.17, 15) is 14.7 Å². The van der Waals surface area contributed by atoms with Crippen LogP contribution in [0.3, 0.4) is 0 Å². The van der Waals surface area contributed by atoms with Crippen LogP contribution in [0.2, 0.25) is 5.02 Å². The van der Waals surface area contributed by atoms with Gasteiger partial charge in [0.15, 0.2) is 0 Å². The van der Waals surface area contributed by atoms with Gasteiger partial charge in [-0.3, -0.25) is 4.99 Å². The molecule has 3 rings (SSSR count). The first-order valence-corrected chi connectivity index (χ1v) is 9.56. The minimum Gasteiger partial charge on any atom is -0.478 e. The van der Waals surface area contributed by atoms with Crippen molar-refractivity contribution in [2.24, 2.45) is 4.99 Å². The van der Waals surface area contributed by atoms with E-state index in [1.54, 1.807) is 36.5 Å². The largest absolute Gasteiger partial charge is 0.478 e. The van der Waals surface area contributed by atoms with Crippen molar-refractivity contribution >= 4 is 35.4 Å². The molecule has 154 valence electrons. The zero-order valence-electron chi connectivity index (χ0n) is 17.1. The highest BCUT2D eigenvalue weighted by Crippen LogP contribution is 2.26. The lowest BCUT2D eigenvalue weighted by Crippen LogP contribution is -2.04. The van der Waals surface area contributed by atoms with E-state index >= 15 is 0 Å². The summed E-state index contributed by atoms with van der Waals surface area (Å²) in [5.41, 5.74) is 5.33. The maximum absolute atomic E-state index is 11.9. The number of hydrogen-bond acceptors (Lipinski definition) is 4. The lowest BCUT2D eigenvalue weighted by molar-refractivity contribution is 0.0599. The van der Waals surface area contributed by atoms with Crippen LogP contribution in [0.15, 0.2) is 47.5 Å². The lowest BCUT2D eigenvalue weighted by Gasteiger charge is -2.11. The Morgan fingerprint density at radius 3 is 2.50 bits per heavy atom.